The Hall–Kier alpha value is -0.310. The molecule has 1 fully saturated rings. The van der Waals surface area contributed by atoms with Gasteiger partial charge in [0.15, 0.2) is 5.11 Å². The van der Waals surface area contributed by atoms with Crippen molar-refractivity contribution in [2.75, 3.05) is 0 Å². The summed E-state index contributed by atoms with van der Waals surface area (Å²) in [4.78, 5) is 0. The van der Waals surface area contributed by atoms with Gasteiger partial charge >= 0.3 is 0 Å². The van der Waals surface area contributed by atoms with E-state index in [4.69, 9.17) is 12.2 Å². The smallest absolute Gasteiger partial charge is 0.166 e. The molecule has 1 saturated carbocycles. The molecule has 1 aliphatic carbocycles. The van der Waals surface area contributed by atoms with Crippen molar-refractivity contribution in [3.8, 4) is 0 Å². The number of thiocarbonyl (C=S) groups is 1. The molecule has 0 saturated heterocycles. The first-order valence-corrected chi connectivity index (χ1v) is 8.84. The van der Waals surface area contributed by atoms with Gasteiger partial charge in [-0.2, -0.15) is 0 Å². The highest BCUT2D eigenvalue weighted by Gasteiger charge is 2.36. The van der Waals surface area contributed by atoms with Crippen LogP contribution in [0.2, 0.25) is 0 Å². The lowest BCUT2D eigenvalue weighted by atomic mass is 9.68. The molecular formula is C17H34N2S. The Labute approximate surface area is 131 Å². The summed E-state index contributed by atoms with van der Waals surface area (Å²) in [6, 6.07) is 0.987. The van der Waals surface area contributed by atoms with Crippen molar-refractivity contribution in [2.24, 2.45) is 23.7 Å². The van der Waals surface area contributed by atoms with Crippen molar-refractivity contribution in [2.45, 2.75) is 79.3 Å². The minimum absolute atomic E-state index is 0.452. The molecule has 20 heavy (non-hydrogen) atoms. The lowest BCUT2D eigenvalue weighted by Gasteiger charge is -2.43. The summed E-state index contributed by atoms with van der Waals surface area (Å²) in [6.45, 7) is 13.8. The van der Waals surface area contributed by atoms with Crippen LogP contribution < -0.4 is 10.6 Å². The molecule has 0 radical (unpaired) electrons. The molecular weight excluding hydrogens is 264 g/mol. The highest BCUT2D eigenvalue weighted by molar-refractivity contribution is 7.80. The predicted octanol–water partition coefficient (Wildman–Crippen LogP) is 4.35. The molecule has 3 atom stereocenters. The Morgan fingerprint density at radius 1 is 1.05 bits per heavy atom. The Balaban J connectivity index is 2.73. The van der Waals surface area contributed by atoms with Gasteiger partial charge in [0.05, 0.1) is 0 Å². The van der Waals surface area contributed by atoms with Crippen molar-refractivity contribution < 1.29 is 0 Å². The van der Waals surface area contributed by atoms with Crippen LogP contribution in [-0.4, -0.2) is 17.2 Å². The van der Waals surface area contributed by atoms with Crippen molar-refractivity contribution >= 4 is 17.3 Å². The molecule has 0 spiro atoms. The average Bonchev–Trinajstić information content (AvgIpc) is 2.37. The van der Waals surface area contributed by atoms with Gasteiger partial charge in [-0.1, -0.05) is 41.0 Å². The van der Waals surface area contributed by atoms with Crippen LogP contribution in [0.4, 0.5) is 0 Å². The molecule has 1 aliphatic rings. The fraction of sp³-hybridized carbons (Fsp3) is 0.941. The van der Waals surface area contributed by atoms with E-state index in [9.17, 15) is 0 Å². The highest BCUT2D eigenvalue weighted by atomic mass is 32.1. The van der Waals surface area contributed by atoms with Crippen molar-refractivity contribution in [3.63, 3.8) is 0 Å². The second-order valence-electron chi connectivity index (χ2n) is 7.20. The van der Waals surface area contributed by atoms with E-state index in [1.54, 1.807) is 0 Å². The van der Waals surface area contributed by atoms with Crippen LogP contribution in [0.1, 0.15) is 67.2 Å². The first-order valence-electron chi connectivity index (χ1n) is 8.43. The molecule has 2 N–H and O–H groups in total. The average molecular weight is 299 g/mol. The summed E-state index contributed by atoms with van der Waals surface area (Å²) < 4.78 is 0. The summed E-state index contributed by atoms with van der Waals surface area (Å²) >= 11 is 5.53. The molecule has 3 heteroatoms. The summed E-state index contributed by atoms with van der Waals surface area (Å²) in [5, 5.41) is 7.93. The van der Waals surface area contributed by atoms with Gasteiger partial charge in [-0.3, -0.25) is 0 Å². The van der Waals surface area contributed by atoms with E-state index in [0.29, 0.717) is 12.1 Å². The Morgan fingerprint density at radius 3 is 1.95 bits per heavy atom. The van der Waals surface area contributed by atoms with Crippen molar-refractivity contribution in [3.05, 3.63) is 0 Å². The summed E-state index contributed by atoms with van der Waals surface area (Å²) in [6.07, 6.45) is 5.15. The first kappa shape index (κ1) is 17.7. The lowest BCUT2D eigenvalue weighted by Crippen LogP contribution is -2.54. The standard InChI is InChI=1S/C17H34N2S/c1-7-13(6)18-17(20)19-16-14(11(2)3)9-8-10-15(16)12(4)5/h11-16H,7-10H2,1-6H3,(H2,18,19,20). The van der Waals surface area contributed by atoms with Crippen LogP contribution in [-0.2, 0) is 0 Å². The summed E-state index contributed by atoms with van der Waals surface area (Å²) in [5.41, 5.74) is 0. The van der Waals surface area contributed by atoms with Crippen LogP contribution in [0.5, 0.6) is 0 Å². The fourth-order valence-corrected chi connectivity index (χ4v) is 3.83. The topological polar surface area (TPSA) is 24.1 Å². The maximum atomic E-state index is 5.53. The van der Waals surface area contributed by atoms with Gasteiger partial charge in [-0.15, -0.1) is 0 Å². The van der Waals surface area contributed by atoms with Crippen LogP contribution in [0.25, 0.3) is 0 Å². The Bertz CT molecular complexity index is 285. The normalized spacial score (nSPS) is 28.5. The number of rotatable bonds is 5. The van der Waals surface area contributed by atoms with Crippen LogP contribution in [0, 0.1) is 23.7 Å². The van der Waals surface area contributed by atoms with Crippen molar-refractivity contribution in [1.82, 2.24) is 10.6 Å². The molecule has 0 amide bonds. The number of nitrogens with one attached hydrogen (secondary N) is 2. The first-order chi connectivity index (χ1) is 9.36. The monoisotopic (exact) mass is 298 g/mol. The van der Waals surface area contributed by atoms with E-state index in [-0.39, 0.29) is 0 Å². The van der Waals surface area contributed by atoms with Crippen LogP contribution in [0.3, 0.4) is 0 Å². The maximum Gasteiger partial charge on any atom is 0.166 e. The molecule has 0 aromatic heterocycles. The van der Waals surface area contributed by atoms with Gasteiger partial charge in [0.1, 0.15) is 0 Å². The largest absolute Gasteiger partial charge is 0.360 e. The van der Waals surface area contributed by atoms with Gasteiger partial charge < -0.3 is 10.6 Å². The molecule has 3 unspecified atom stereocenters. The minimum atomic E-state index is 0.452. The summed E-state index contributed by atoms with van der Waals surface area (Å²) in [7, 11) is 0. The zero-order valence-corrected chi connectivity index (χ0v) is 15.0. The van der Waals surface area contributed by atoms with Gasteiger partial charge in [-0.25, -0.2) is 0 Å². The minimum Gasteiger partial charge on any atom is -0.360 e. The maximum absolute atomic E-state index is 5.53. The van der Waals surface area contributed by atoms with E-state index >= 15 is 0 Å². The highest BCUT2D eigenvalue weighted by Crippen LogP contribution is 2.37. The van der Waals surface area contributed by atoms with E-state index < -0.39 is 0 Å². The number of hydrogen-bond acceptors (Lipinski definition) is 1. The molecule has 0 aromatic rings. The fourth-order valence-electron chi connectivity index (χ4n) is 3.49. The third kappa shape index (κ3) is 4.91. The zero-order valence-electron chi connectivity index (χ0n) is 14.2. The van der Waals surface area contributed by atoms with Crippen molar-refractivity contribution in [1.29, 1.82) is 0 Å². The van der Waals surface area contributed by atoms with Crippen LogP contribution >= 0.6 is 12.2 Å². The second kappa shape index (κ2) is 8.21. The molecule has 0 aromatic carbocycles. The zero-order chi connectivity index (χ0) is 15.3. The molecule has 0 heterocycles. The van der Waals surface area contributed by atoms with E-state index in [1.165, 1.54) is 19.3 Å². The molecule has 0 aliphatic heterocycles. The van der Waals surface area contributed by atoms with Crippen LogP contribution in [0.15, 0.2) is 0 Å². The Morgan fingerprint density at radius 2 is 1.55 bits per heavy atom. The molecule has 2 nitrogen and oxygen atoms in total. The molecule has 0 bridgehead atoms. The van der Waals surface area contributed by atoms with E-state index in [2.05, 4.69) is 52.2 Å². The Kier molecular flexibility index (Phi) is 7.28. The van der Waals surface area contributed by atoms with E-state index in [0.717, 1.165) is 35.2 Å². The molecule has 1 rings (SSSR count). The van der Waals surface area contributed by atoms with Gasteiger partial charge in [0, 0.05) is 12.1 Å². The quantitative estimate of drug-likeness (QED) is 0.738. The van der Waals surface area contributed by atoms with Gasteiger partial charge in [-0.05, 0) is 62.1 Å². The summed E-state index contributed by atoms with van der Waals surface area (Å²) in [5.74, 6) is 2.93. The van der Waals surface area contributed by atoms with E-state index in [1.807, 2.05) is 0 Å². The molecule has 118 valence electrons. The van der Waals surface area contributed by atoms with Gasteiger partial charge in [0.25, 0.3) is 0 Å². The van der Waals surface area contributed by atoms with Gasteiger partial charge in [0.2, 0.25) is 0 Å². The third-order valence-electron chi connectivity index (χ3n) is 5.00. The third-order valence-corrected chi connectivity index (χ3v) is 5.23. The lowest BCUT2D eigenvalue weighted by molar-refractivity contribution is 0.127. The predicted molar refractivity (Wildman–Crippen MR) is 92.9 cm³/mol. The SMILES string of the molecule is CCC(C)NC(=S)NC1C(C(C)C)CCCC1C(C)C. The number of hydrogen-bond donors (Lipinski definition) is 2. The second-order valence-corrected chi connectivity index (χ2v) is 7.61.